The van der Waals surface area contributed by atoms with Gasteiger partial charge in [0.1, 0.15) is 0 Å². The highest BCUT2D eigenvalue weighted by Crippen LogP contribution is 2.24. The Morgan fingerprint density at radius 1 is 1.31 bits per heavy atom. The third-order valence-corrected chi connectivity index (χ3v) is 2.40. The molecule has 0 amide bonds. The Bertz CT molecular complexity index is 421. The smallest absolute Gasteiger partial charge is 0.310 e. The van der Waals surface area contributed by atoms with Crippen molar-refractivity contribution in [1.29, 1.82) is 0 Å². The first-order valence-electron chi connectivity index (χ1n) is 4.44. The van der Waals surface area contributed by atoms with E-state index in [9.17, 15) is 18.0 Å². The molecule has 16 heavy (non-hydrogen) atoms. The molecule has 1 rings (SSSR count). The van der Waals surface area contributed by atoms with Crippen LogP contribution in [0.5, 0.6) is 0 Å². The molecule has 88 valence electrons. The van der Waals surface area contributed by atoms with Gasteiger partial charge in [0.05, 0.1) is 17.5 Å². The van der Waals surface area contributed by atoms with Crippen molar-refractivity contribution in [2.75, 3.05) is 6.61 Å². The molecule has 0 bridgehead atoms. The average molecular weight is 297 g/mol. The summed E-state index contributed by atoms with van der Waals surface area (Å²) in [6.07, 6.45) is -0.435. The number of carbonyl (C=O) groups is 1. The van der Waals surface area contributed by atoms with E-state index >= 15 is 0 Å². The molecular formula is C10H8BrF3O2. The molecule has 0 saturated heterocycles. The van der Waals surface area contributed by atoms with Gasteiger partial charge in [-0.25, -0.2) is 13.2 Å². The molecule has 0 saturated carbocycles. The zero-order valence-corrected chi connectivity index (χ0v) is 9.91. The number of hydrogen-bond donors (Lipinski definition) is 0. The van der Waals surface area contributed by atoms with Crippen LogP contribution in [0.1, 0.15) is 12.5 Å². The lowest BCUT2D eigenvalue weighted by atomic mass is 10.1. The summed E-state index contributed by atoms with van der Waals surface area (Å²) in [6, 6.07) is 1.02. The van der Waals surface area contributed by atoms with Crippen molar-refractivity contribution in [3.8, 4) is 0 Å². The largest absolute Gasteiger partial charge is 0.466 e. The highest BCUT2D eigenvalue weighted by atomic mass is 79.9. The maximum absolute atomic E-state index is 13.2. The summed E-state index contributed by atoms with van der Waals surface area (Å²) in [5, 5.41) is 0. The fourth-order valence-corrected chi connectivity index (χ4v) is 1.57. The van der Waals surface area contributed by atoms with Gasteiger partial charge in [-0.3, -0.25) is 4.79 Å². The van der Waals surface area contributed by atoms with Crippen LogP contribution >= 0.6 is 15.9 Å². The Kier molecular flexibility index (Phi) is 4.35. The Hall–Kier alpha value is -1.04. The van der Waals surface area contributed by atoms with Crippen LogP contribution in [0, 0.1) is 17.5 Å². The van der Waals surface area contributed by atoms with Crippen LogP contribution in [-0.2, 0) is 16.0 Å². The van der Waals surface area contributed by atoms with Crippen LogP contribution in [0.3, 0.4) is 0 Å². The minimum Gasteiger partial charge on any atom is -0.466 e. The van der Waals surface area contributed by atoms with E-state index in [1.807, 2.05) is 0 Å². The molecule has 1 aromatic carbocycles. The quantitative estimate of drug-likeness (QED) is 0.487. The molecule has 0 heterocycles. The number of hydrogen-bond acceptors (Lipinski definition) is 2. The average Bonchev–Trinajstić information content (AvgIpc) is 2.23. The summed E-state index contributed by atoms with van der Waals surface area (Å²) in [5.74, 6) is -4.98. The summed E-state index contributed by atoms with van der Waals surface area (Å²) in [7, 11) is 0. The van der Waals surface area contributed by atoms with E-state index in [1.54, 1.807) is 6.92 Å². The zero-order valence-electron chi connectivity index (χ0n) is 8.32. The Balaban J connectivity index is 3.02. The Morgan fingerprint density at radius 2 is 1.94 bits per heavy atom. The van der Waals surface area contributed by atoms with Crippen LogP contribution in [-0.4, -0.2) is 12.6 Å². The summed E-state index contributed by atoms with van der Waals surface area (Å²) < 4.78 is 43.4. The lowest BCUT2D eigenvalue weighted by Gasteiger charge is -2.06. The van der Waals surface area contributed by atoms with Crippen molar-refractivity contribution in [1.82, 2.24) is 0 Å². The highest BCUT2D eigenvalue weighted by Gasteiger charge is 2.19. The van der Waals surface area contributed by atoms with E-state index in [-0.39, 0.29) is 16.6 Å². The SMILES string of the molecule is CCOC(=O)Cc1cc(Br)c(F)c(F)c1F. The van der Waals surface area contributed by atoms with Gasteiger partial charge < -0.3 is 4.74 Å². The highest BCUT2D eigenvalue weighted by molar-refractivity contribution is 9.10. The van der Waals surface area contributed by atoms with Crippen molar-refractivity contribution >= 4 is 21.9 Å². The van der Waals surface area contributed by atoms with Crippen LogP contribution < -0.4 is 0 Å². The second-order valence-electron chi connectivity index (χ2n) is 2.94. The Morgan fingerprint density at radius 3 is 2.50 bits per heavy atom. The molecule has 0 atom stereocenters. The van der Waals surface area contributed by atoms with Crippen LogP contribution in [0.4, 0.5) is 13.2 Å². The van der Waals surface area contributed by atoms with Gasteiger partial charge in [-0.15, -0.1) is 0 Å². The third-order valence-electron chi connectivity index (χ3n) is 1.82. The summed E-state index contributed by atoms with van der Waals surface area (Å²) in [5.41, 5.74) is -0.246. The lowest BCUT2D eigenvalue weighted by molar-refractivity contribution is -0.142. The van der Waals surface area contributed by atoms with E-state index in [0.717, 1.165) is 6.07 Å². The first-order chi connectivity index (χ1) is 7.47. The van der Waals surface area contributed by atoms with Crippen molar-refractivity contribution in [3.63, 3.8) is 0 Å². The number of carbonyl (C=O) groups excluding carboxylic acids is 1. The maximum Gasteiger partial charge on any atom is 0.310 e. The summed E-state index contributed by atoms with van der Waals surface area (Å²) >= 11 is 2.73. The zero-order chi connectivity index (χ0) is 12.3. The molecule has 0 spiro atoms. The van der Waals surface area contributed by atoms with Crippen molar-refractivity contribution in [2.24, 2.45) is 0 Å². The van der Waals surface area contributed by atoms with Gasteiger partial charge in [0.25, 0.3) is 0 Å². The van der Waals surface area contributed by atoms with Gasteiger partial charge in [-0.1, -0.05) is 0 Å². The standard InChI is InChI=1S/C10H8BrF3O2/c1-2-16-7(15)4-5-3-6(11)9(13)10(14)8(5)12/h3H,2,4H2,1H3. The predicted octanol–water partition coefficient (Wildman–Crippen LogP) is 2.97. The summed E-state index contributed by atoms with van der Waals surface area (Å²) in [4.78, 5) is 11.1. The number of halogens is 4. The molecule has 0 aromatic heterocycles. The molecule has 0 aliphatic heterocycles. The third kappa shape index (κ3) is 2.75. The van der Waals surface area contributed by atoms with Gasteiger partial charge in [0.2, 0.25) is 0 Å². The molecule has 1 aromatic rings. The first kappa shape index (κ1) is 13.0. The maximum atomic E-state index is 13.2. The molecule has 0 unspecified atom stereocenters. The normalized spacial score (nSPS) is 10.3. The molecule has 0 radical (unpaired) electrons. The molecular weight excluding hydrogens is 289 g/mol. The minimum absolute atomic E-state index is 0.144. The minimum atomic E-state index is -1.60. The van der Waals surface area contributed by atoms with Gasteiger partial charge in [0.15, 0.2) is 17.5 Å². The fourth-order valence-electron chi connectivity index (χ4n) is 1.12. The van der Waals surface area contributed by atoms with E-state index in [1.165, 1.54) is 0 Å². The van der Waals surface area contributed by atoms with Crippen molar-refractivity contribution in [3.05, 3.63) is 33.6 Å². The van der Waals surface area contributed by atoms with Crippen molar-refractivity contribution < 1.29 is 22.7 Å². The van der Waals surface area contributed by atoms with Gasteiger partial charge in [-0.05, 0) is 28.9 Å². The number of esters is 1. The predicted molar refractivity (Wildman–Crippen MR) is 54.4 cm³/mol. The molecule has 0 fully saturated rings. The molecule has 6 heteroatoms. The van der Waals surface area contributed by atoms with E-state index in [4.69, 9.17) is 0 Å². The second-order valence-corrected chi connectivity index (χ2v) is 3.80. The fraction of sp³-hybridized carbons (Fsp3) is 0.300. The number of ether oxygens (including phenoxy) is 1. The molecule has 2 nitrogen and oxygen atoms in total. The van der Waals surface area contributed by atoms with Crippen LogP contribution in [0.2, 0.25) is 0 Å². The topological polar surface area (TPSA) is 26.3 Å². The van der Waals surface area contributed by atoms with E-state index < -0.39 is 29.8 Å². The van der Waals surface area contributed by atoms with Crippen LogP contribution in [0.15, 0.2) is 10.5 Å². The summed E-state index contributed by atoms with van der Waals surface area (Å²) in [6.45, 7) is 1.74. The number of rotatable bonds is 3. The van der Waals surface area contributed by atoms with Gasteiger partial charge >= 0.3 is 5.97 Å². The van der Waals surface area contributed by atoms with Gasteiger partial charge in [-0.2, -0.15) is 0 Å². The Labute approximate surface area is 98.5 Å². The van der Waals surface area contributed by atoms with E-state index in [2.05, 4.69) is 20.7 Å². The second kappa shape index (κ2) is 5.34. The first-order valence-corrected chi connectivity index (χ1v) is 5.24. The molecule has 0 aliphatic carbocycles. The van der Waals surface area contributed by atoms with E-state index in [0.29, 0.717) is 0 Å². The van der Waals surface area contributed by atoms with Crippen molar-refractivity contribution in [2.45, 2.75) is 13.3 Å². The lowest BCUT2D eigenvalue weighted by Crippen LogP contribution is -2.10. The monoisotopic (exact) mass is 296 g/mol. The molecule has 0 N–H and O–H groups in total. The van der Waals surface area contributed by atoms with Gasteiger partial charge in [0, 0.05) is 5.56 Å². The van der Waals surface area contributed by atoms with Crippen LogP contribution in [0.25, 0.3) is 0 Å². The molecule has 0 aliphatic rings. The number of benzene rings is 1.